The minimum absolute atomic E-state index is 0. The molecule has 3 aliphatic rings. The van der Waals surface area contributed by atoms with E-state index in [0.29, 0.717) is 93.2 Å². The summed E-state index contributed by atoms with van der Waals surface area (Å²) in [6.45, 7) is 10.6. The number of benzene rings is 3. The molecule has 0 radical (unpaired) electrons. The van der Waals surface area contributed by atoms with Crippen LogP contribution in [0.3, 0.4) is 0 Å². The zero-order valence-corrected chi connectivity index (χ0v) is 62.0. The van der Waals surface area contributed by atoms with Crippen molar-refractivity contribution in [3.05, 3.63) is 143 Å². The number of pyridine rings is 3. The van der Waals surface area contributed by atoms with Crippen LogP contribution in [0.1, 0.15) is 22.2 Å². The SMILES string of the molecule is COc1cc(N2CCN(C(=O)CCl)[C@@H](C)C2)c(F)cc1Cl.COc1cc(N2CCN(C(=O)Cn3cc4cnccc4n3)[C@@H](C)C2)c(F)cc1Cl.COc1cc(N2CCN(C(=O)Cn3ncc4cnccc43)[C@@H](C)C2)c(F)cc1Cl.O=CO[O-].[H-].[K+].[K+].c1cc2[nH]ncc2cn1. The third-order valence-electron chi connectivity index (χ3n) is 15.3. The number of aromatic amines is 1. The van der Waals surface area contributed by atoms with E-state index >= 15 is 0 Å². The smallest absolute Gasteiger partial charge is 1.00 e. The number of nitrogens with one attached hydrogen (secondary N) is 1. The molecule has 9 aromatic rings. The monoisotopic (exact) mass is 1430 g/mol. The number of ether oxygens (including phenoxy) is 3. The van der Waals surface area contributed by atoms with Crippen LogP contribution in [0.4, 0.5) is 30.2 Å². The molecule has 3 fully saturated rings. The predicted molar refractivity (Wildman–Crippen MR) is 342 cm³/mol. The number of aromatic nitrogens is 9. The van der Waals surface area contributed by atoms with Gasteiger partial charge in [-0.3, -0.25) is 48.6 Å². The van der Waals surface area contributed by atoms with Crippen LogP contribution in [0.25, 0.3) is 32.7 Å². The zero-order valence-electron chi connectivity index (χ0n) is 53.8. The summed E-state index contributed by atoms with van der Waals surface area (Å²) in [6, 6.07) is 13.9. The fourth-order valence-electron chi connectivity index (χ4n) is 10.8. The molecule has 3 amide bonds. The maximum Gasteiger partial charge on any atom is 1.00 e. The van der Waals surface area contributed by atoms with Gasteiger partial charge in [-0.2, -0.15) is 15.3 Å². The molecule has 3 aliphatic heterocycles. The first kappa shape index (κ1) is 77.4. The second-order valence-corrected chi connectivity index (χ2v) is 22.6. The van der Waals surface area contributed by atoms with Crippen molar-refractivity contribution in [2.75, 3.05) is 101 Å². The molecule has 1 N–H and O–H groups in total. The topological polar surface area (TPSA) is 251 Å². The number of fused-ring (bicyclic) bond motifs is 3. The normalized spacial score (nSPS) is 15.9. The van der Waals surface area contributed by atoms with Gasteiger partial charge >= 0.3 is 103 Å². The van der Waals surface area contributed by atoms with Crippen LogP contribution >= 0.6 is 46.4 Å². The van der Waals surface area contributed by atoms with Crippen molar-refractivity contribution in [1.82, 2.24) is 59.4 Å². The first-order valence-corrected chi connectivity index (χ1v) is 30.2. The Balaban J connectivity index is 0.000000234. The van der Waals surface area contributed by atoms with E-state index in [4.69, 9.17) is 70.7 Å². The number of rotatable bonds is 12. The average Bonchev–Trinajstić information content (AvgIpc) is 1.55. The fraction of sp³-hybridized carbons (Fsp3) is 0.344. The number of carbonyl (C=O) groups excluding carboxylic acids is 4. The van der Waals surface area contributed by atoms with Gasteiger partial charge in [-0.25, -0.2) is 13.2 Å². The number of methoxy groups -OCH3 is 3. The van der Waals surface area contributed by atoms with Crippen molar-refractivity contribution < 1.29 is 161 Å². The minimum Gasteiger partial charge on any atom is -1.00 e. The summed E-state index contributed by atoms with van der Waals surface area (Å²) in [5.74, 6) is -0.0981. The quantitative estimate of drug-likeness (QED) is 0.0605. The Labute approximate surface area is 646 Å². The molecule has 24 nitrogen and oxygen atoms in total. The van der Waals surface area contributed by atoms with Gasteiger partial charge in [0.15, 0.2) is 0 Å². The van der Waals surface area contributed by atoms with E-state index in [2.05, 4.69) is 40.2 Å². The number of H-pyrrole nitrogens is 1. The number of anilines is 3. The Kier molecular flexibility index (Phi) is 30.6. The summed E-state index contributed by atoms with van der Waals surface area (Å²) in [5, 5.41) is 27.4. The molecule has 3 aromatic carbocycles. The predicted octanol–water partition coefficient (Wildman–Crippen LogP) is 2.22. The number of hydrogen-bond acceptors (Lipinski definition) is 18. The Morgan fingerprint density at radius 3 is 1.46 bits per heavy atom. The van der Waals surface area contributed by atoms with Gasteiger partial charge in [0, 0.05) is 155 Å². The molecule has 12 rings (SSSR count). The van der Waals surface area contributed by atoms with E-state index in [9.17, 15) is 27.6 Å². The summed E-state index contributed by atoms with van der Waals surface area (Å²) in [5.41, 5.74) is 3.99. The molecule has 9 heterocycles. The summed E-state index contributed by atoms with van der Waals surface area (Å²) in [7, 11) is 4.48. The van der Waals surface area contributed by atoms with Gasteiger partial charge in [0.1, 0.15) is 53.7 Å². The number of piperazine rings is 3. The molecule has 6 aromatic heterocycles. The zero-order chi connectivity index (χ0) is 66.2. The second-order valence-electron chi connectivity index (χ2n) is 21.1. The van der Waals surface area contributed by atoms with Crippen LogP contribution in [-0.2, 0) is 37.2 Å². The van der Waals surface area contributed by atoms with E-state index in [-0.39, 0.29) is 181 Å². The maximum atomic E-state index is 14.5. The standard InChI is InChI=1S/2C20H21ClFN5O2.C14H17Cl2FN2O2.C6H5N3.CH2O3.2K.H/c1-13-11-25(18-8-19(29-2)15(21)7-16(18)22)5-6-26(13)20(28)12-27-17-3-4-23-9-14(17)10-24-27;1-13-10-25(18-8-19(29-2)15(21)7-16(18)22)5-6-27(13)20(28)12-26-11-14-9-23-4-3-17(14)24-26;1-9-8-18(3-4-19(9)14(20)7-15)12-6-13(21-2)10(16)5-11(12)17;1-2-7-3-5-4-8-9-6(1)5;2-1-4-3;;;/h3-4,7-10,13H,5-6,11-12H2,1-2H3;3-4,7-9,11,13H,5-6,10,12H2,1-2H3;5-6,9H,3-4,7-8H2,1-2H3;1-4H,(H,8,9);1,3H;;;/q;;;;;2*+1;-1/p-1/t2*13-;9-;;;;;/m000...../s1. The Bertz CT molecular complexity index is 3950. The third-order valence-corrected chi connectivity index (χ3v) is 16.4. The number of hydrogen-bond donors (Lipinski definition) is 1. The van der Waals surface area contributed by atoms with Crippen molar-refractivity contribution in [3.8, 4) is 17.2 Å². The van der Waals surface area contributed by atoms with Gasteiger partial charge in [0.05, 0.1) is 82.4 Å². The summed E-state index contributed by atoms with van der Waals surface area (Å²) < 4.78 is 61.9. The molecule has 0 saturated carbocycles. The number of carbonyl (C=O) groups is 4. The molecular weight excluding hydrogens is 1360 g/mol. The van der Waals surface area contributed by atoms with E-state index < -0.39 is 17.5 Å². The van der Waals surface area contributed by atoms with Crippen LogP contribution in [0.2, 0.25) is 15.1 Å². The van der Waals surface area contributed by atoms with Crippen molar-refractivity contribution in [2.24, 2.45) is 0 Å². The fourth-order valence-corrected chi connectivity index (χ4v) is 11.6. The summed E-state index contributed by atoms with van der Waals surface area (Å²) in [4.78, 5) is 71.8. The first-order valence-electron chi connectivity index (χ1n) is 28.6. The Morgan fingerprint density at radius 2 is 1.03 bits per heavy atom. The van der Waals surface area contributed by atoms with Crippen LogP contribution in [0.15, 0.2) is 110 Å². The average molecular weight is 1430 g/mol. The molecule has 3 atom stereocenters. The van der Waals surface area contributed by atoms with Crippen LogP contribution < -0.4 is 137 Å². The number of halogens is 7. The molecular formula is C61H66Cl4F3K2N15O9. The largest absolute Gasteiger partial charge is 1.00 e. The van der Waals surface area contributed by atoms with E-state index in [1.807, 2.05) is 69.7 Å². The van der Waals surface area contributed by atoms with Crippen molar-refractivity contribution in [3.63, 3.8) is 0 Å². The van der Waals surface area contributed by atoms with Gasteiger partial charge in [-0.1, -0.05) is 34.8 Å². The van der Waals surface area contributed by atoms with Gasteiger partial charge in [0.2, 0.25) is 17.7 Å². The molecule has 3 saturated heterocycles. The summed E-state index contributed by atoms with van der Waals surface area (Å²) in [6.07, 6.45) is 15.6. The van der Waals surface area contributed by atoms with Gasteiger partial charge in [-0.15, -0.1) is 11.6 Å². The first-order chi connectivity index (χ1) is 44.3. The molecule has 0 bridgehead atoms. The van der Waals surface area contributed by atoms with Crippen LogP contribution in [0.5, 0.6) is 17.2 Å². The summed E-state index contributed by atoms with van der Waals surface area (Å²) >= 11 is 23.5. The maximum absolute atomic E-state index is 14.5. The van der Waals surface area contributed by atoms with Gasteiger partial charge in [-0.05, 0) is 57.2 Å². The van der Waals surface area contributed by atoms with Gasteiger partial charge < -0.3 is 55.2 Å². The van der Waals surface area contributed by atoms with Crippen LogP contribution in [-0.4, -0.2) is 188 Å². The number of amides is 3. The number of alkyl halides is 1. The molecule has 0 spiro atoms. The molecule has 490 valence electrons. The van der Waals surface area contributed by atoms with Crippen molar-refractivity contribution in [2.45, 2.75) is 52.0 Å². The second kappa shape index (κ2) is 37.2. The Morgan fingerprint density at radius 1 is 0.606 bits per heavy atom. The van der Waals surface area contributed by atoms with Crippen molar-refractivity contribution in [1.29, 1.82) is 0 Å². The van der Waals surface area contributed by atoms with E-state index in [0.717, 1.165) is 32.7 Å². The molecule has 0 unspecified atom stereocenters. The van der Waals surface area contributed by atoms with Gasteiger partial charge in [0.25, 0.3) is 6.47 Å². The third kappa shape index (κ3) is 19.8. The number of nitrogens with zero attached hydrogens (tertiary/aromatic N) is 14. The molecule has 94 heavy (non-hydrogen) atoms. The molecule has 0 aliphatic carbocycles. The van der Waals surface area contributed by atoms with Crippen LogP contribution in [0, 0.1) is 17.5 Å². The van der Waals surface area contributed by atoms with E-state index in [1.54, 1.807) is 82.0 Å². The Hall–Kier alpha value is -5.62. The molecule has 33 heteroatoms. The van der Waals surface area contributed by atoms with E-state index in [1.165, 1.54) is 39.5 Å². The van der Waals surface area contributed by atoms with Crippen molar-refractivity contribution >= 4 is 120 Å². The minimum atomic E-state index is -0.403.